The van der Waals surface area contributed by atoms with E-state index in [4.69, 9.17) is 9.47 Å². The van der Waals surface area contributed by atoms with Crippen molar-refractivity contribution in [3.63, 3.8) is 0 Å². The highest BCUT2D eigenvalue weighted by Gasteiger charge is 2.17. The number of ether oxygens (including phenoxy) is 2. The van der Waals surface area contributed by atoms with Crippen LogP contribution >= 0.6 is 0 Å². The van der Waals surface area contributed by atoms with Gasteiger partial charge in [0.05, 0.1) is 13.7 Å². The van der Waals surface area contributed by atoms with Crippen molar-refractivity contribution in [3.8, 4) is 11.5 Å². The van der Waals surface area contributed by atoms with Crippen molar-refractivity contribution in [2.45, 2.75) is 25.8 Å². The molecule has 23 heavy (non-hydrogen) atoms. The molecule has 0 saturated heterocycles. The fourth-order valence-electron chi connectivity index (χ4n) is 3.60. The third-order valence-electron chi connectivity index (χ3n) is 4.97. The molecule has 0 bridgehead atoms. The fraction of sp³-hybridized carbons (Fsp3) is 0.400. The lowest BCUT2D eigenvalue weighted by atomic mass is 10.0. The molecular formula is C20H23NO2. The van der Waals surface area contributed by atoms with Crippen LogP contribution in [-0.2, 0) is 25.8 Å². The summed E-state index contributed by atoms with van der Waals surface area (Å²) in [6, 6.07) is 13.2. The molecule has 0 spiro atoms. The Balaban J connectivity index is 1.45. The fourth-order valence-corrected chi connectivity index (χ4v) is 3.60. The maximum absolute atomic E-state index is 5.70. The number of hydrogen-bond donors (Lipinski definition) is 0. The Morgan fingerprint density at radius 2 is 1.78 bits per heavy atom. The van der Waals surface area contributed by atoms with Gasteiger partial charge in [-0.3, -0.25) is 4.90 Å². The van der Waals surface area contributed by atoms with Gasteiger partial charge in [0.15, 0.2) is 0 Å². The van der Waals surface area contributed by atoms with E-state index in [9.17, 15) is 0 Å². The summed E-state index contributed by atoms with van der Waals surface area (Å²) in [5.41, 5.74) is 5.60. The van der Waals surface area contributed by atoms with Crippen molar-refractivity contribution < 1.29 is 9.47 Å². The third kappa shape index (κ3) is 3.06. The Morgan fingerprint density at radius 3 is 2.65 bits per heavy atom. The summed E-state index contributed by atoms with van der Waals surface area (Å²) in [4.78, 5) is 2.54. The second-order valence-corrected chi connectivity index (χ2v) is 6.45. The van der Waals surface area contributed by atoms with Crippen molar-refractivity contribution in [2.75, 3.05) is 26.8 Å². The second-order valence-electron chi connectivity index (χ2n) is 6.45. The monoisotopic (exact) mass is 309 g/mol. The lowest BCUT2D eigenvalue weighted by Crippen LogP contribution is -2.25. The first-order chi connectivity index (χ1) is 11.3. The number of rotatable bonds is 3. The molecule has 3 nitrogen and oxygen atoms in total. The molecule has 0 amide bonds. The van der Waals surface area contributed by atoms with Crippen molar-refractivity contribution in [2.24, 2.45) is 0 Å². The van der Waals surface area contributed by atoms with Gasteiger partial charge in [0.2, 0.25) is 0 Å². The van der Waals surface area contributed by atoms with Crippen LogP contribution in [0, 0.1) is 0 Å². The molecule has 0 N–H and O–H groups in total. The smallest absolute Gasteiger partial charge is 0.122 e. The van der Waals surface area contributed by atoms with Crippen LogP contribution in [0.5, 0.6) is 11.5 Å². The van der Waals surface area contributed by atoms with Crippen molar-refractivity contribution in [1.82, 2.24) is 4.90 Å². The molecule has 0 aromatic heterocycles. The van der Waals surface area contributed by atoms with E-state index in [0.717, 1.165) is 57.0 Å². The van der Waals surface area contributed by atoms with Crippen molar-refractivity contribution in [1.29, 1.82) is 0 Å². The minimum Gasteiger partial charge on any atom is -0.497 e. The zero-order chi connectivity index (χ0) is 15.6. The van der Waals surface area contributed by atoms with Gasteiger partial charge >= 0.3 is 0 Å². The summed E-state index contributed by atoms with van der Waals surface area (Å²) in [5, 5.41) is 0. The Morgan fingerprint density at radius 1 is 0.957 bits per heavy atom. The van der Waals surface area contributed by atoms with Crippen LogP contribution in [0.15, 0.2) is 36.4 Å². The van der Waals surface area contributed by atoms with Crippen LogP contribution in [0.3, 0.4) is 0 Å². The first kappa shape index (κ1) is 14.6. The quantitative estimate of drug-likeness (QED) is 0.869. The molecular weight excluding hydrogens is 286 g/mol. The SMILES string of the molecule is COc1ccc2c(c1)CCN(Cc1ccc3c(c1)OCC3)CC2. The van der Waals surface area contributed by atoms with Crippen LogP contribution in [-0.4, -0.2) is 31.7 Å². The first-order valence-electron chi connectivity index (χ1n) is 8.44. The molecule has 2 aliphatic rings. The molecule has 0 fully saturated rings. The van der Waals surface area contributed by atoms with E-state index in [-0.39, 0.29) is 0 Å². The van der Waals surface area contributed by atoms with E-state index in [0.29, 0.717) is 0 Å². The van der Waals surface area contributed by atoms with Gasteiger partial charge in [0, 0.05) is 26.1 Å². The van der Waals surface area contributed by atoms with Crippen LogP contribution < -0.4 is 9.47 Å². The summed E-state index contributed by atoms with van der Waals surface area (Å²) in [7, 11) is 1.74. The van der Waals surface area contributed by atoms with Gasteiger partial charge in [-0.2, -0.15) is 0 Å². The van der Waals surface area contributed by atoms with Crippen molar-refractivity contribution in [3.05, 3.63) is 58.7 Å². The Labute approximate surface area is 137 Å². The minimum atomic E-state index is 0.833. The largest absolute Gasteiger partial charge is 0.497 e. The Hall–Kier alpha value is -2.00. The average molecular weight is 309 g/mol. The molecule has 0 radical (unpaired) electrons. The minimum absolute atomic E-state index is 0.833. The molecule has 2 aromatic carbocycles. The molecule has 0 saturated carbocycles. The maximum Gasteiger partial charge on any atom is 0.122 e. The van der Waals surface area contributed by atoms with Crippen LogP contribution in [0.25, 0.3) is 0 Å². The normalized spacial score (nSPS) is 17.1. The summed E-state index contributed by atoms with van der Waals surface area (Å²) in [6.45, 7) is 4.04. The molecule has 4 rings (SSSR count). The molecule has 2 aliphatic heterocycles. The van der Waals surface area contributed by atoms with Crippen LogP contribution in [0.2, 0.25) is 0 Å². The Bertz CT molecular complexity index is 711. The highest BCUT2D eigenvalue weighted by molar-refractivity contribution is 5.40. The van der Waals surface area contributed by atoms with Crippen LogP contribution in [0.1, 0.15) is 22.3 Å². The number of methoxy groups -OCH3 is 1. The third-order valence-corrected chi connectivity index (χ3v) is 4.97. The molecule has 2 aromatic rings. The predicted octanol–water partition coefficient (Wildman–Crippen LogP) is 3.23. The molecule has 3 heteroatoms. The zero-order valence-corrected chi connectivity index (χ0v) is 13.7. The molecule has 120 valence electrons. The Kier molecular flexibility index (Phi) is 3.96. The van der Waals surface area contributed by atoms with Gasteiger partial charge < -0.3 is 9.47 Å². The summed E-state index contributed by atoms with van der Waals surface area (Å²) >= 11 is 0. The summed E-state index contributed by atoms with van der Waals surface area (Å²) in [5.74, 6) is 2.05. The standard InChI is InChI=1S/C20H23NO2/c1-22-19-5-4-16-6-9-21(10-7-18(16)13-19)14-15-2-3-17-8-11-23-20(17)12-15/h2-5,12-13H,6-11,14H2,1H3. The highest BCUT2D eigenvalue weighted by atomic mass is 16.5. The highest BCUT2D eigenvalue weighted by Crippen LogP contribution is 2.27. The van der Waals surface area contributed by atoms with Gasteiger partial charge in [-0.25, -0.2) is 0 Å². The molecule has 0 unspecified atom stereocenters. The summed E-state index contributed by atoms with van der Waals surface area (Å²) in [6.07, 6.45) is 3.26. The van der Waals surface area contributed by atoms with Gasteiger partial charge in [-0.1, -0.05) is 18.2 Å². The predicted molar refractivity (Wildman–Crippen MR) is 91.3 cm³/mol. The van der Waals surface area contributed by atoms with E-state index < -0.39 is 0 Å². The zero-order valence-electron chi connectivity index (χ0n) is 13.7. The van der Waals surface area contributed by atoms with Crippen molar-refractivity contribution >= 4 is 0 Å². The average Bonchev–Trinajstić information content (AvgIpc) is 2.96. The number of benzene rings is 2. The second kappa shape index (κ2) is 6.25. The number of hydrogen-bond acceptors (Lipinski definition) is 3. The van der Waals surface area contributed by atoms with Gasteiger partial charge in [-0.05, 0) is 53.3 Å². The van der Waals surface area contributed by atoms with Gasteiger partial charge in [-0.15, -0.1) is 0 Å². The van der Waals surface area contributed by atoms with E-state index in [1.807, 2.05) is 0 Å². The molecule has 0 atom stereocenters. The first-order valence-corrected chi connectivity index (χ1v) is 8.44. The lowest BCUT2D eigenvalue weighted by molar-refractivity contribution is 0.278. The van der Waals surface area contributed by atoms with E-state index >= 15 is 0 Å². The van der Waals surface area contributed by atoms with E-state index in [2.05, 4.69) is 41.3 Å². The number of fused-ring (bicyclic) bond motifs is 2. The molecule has 0 aliphatic carbocycles. The summed E-state index contributed by atoms with van der Waals surface area (Å²) < 4.78 is 11.1. The van der Waals surface area contributed by atoms with Crippen LogP contribution in [0.4, 0.5) is 0 Å². The number of nitrogens with zero attached hydrogens (tertiary/aromatic N) is 1. The van der Waals surface area contributed by atoms with Gasteiger partial charge in [0.25, 0.3) is 0 Å². The van der Waals surface area contributed by atoms with E-state index in [1.54, 1.807) is 7.11 Å². The van der Waals surface area contributed by atoms with Gasteiger partial charge in [0.1, 0.15) is 11.5 Å². The maximum atomic E-state index is 5.70. The molecule has 2 heterocycles. The lowest BCUT2D eigenvalue weighted by Gasteiger charge is -2.20. The topological polar surface area (TPSA) is 21.7 Å². The van der Waals surface area contributed by atoms with E-state index in [1.165, 1.54) is 22.3 Å².